The molecule has 5 heteroatoms. The molecule has 0 radical (unpaired) electrons. The average molecular weight is 258 g/mol. The maximum atomic E-state index is 12.1. The molecule has 1 aliphatic rings. The molecular weight excluding hydrogens is 248 g/mol. The number of benzene rings is 1. The SMILES string of the molecule is Nc1ccc2c(c1)C(=O)N(Cc1ccsc1)C2=O. The summed E-state index contributed by atoms with van der Waals surface area (Å²) >= 11 is 1.54. The molecule has 2 aromatic rings. The summed E-state index contributed by atoms with van der Waals surface area (Å²) in [6.07, 6.45) is 0. The number of anilines is 1. The van der Waals surface area contributed by atoms with E-state index in [4.69, 9.17) is 5.73 Å². The molecule has 0 aliphatic carbocycles. The maximum absolute atomic E-state index is 12.1. The van der Waals surface area contributed by atoms with E-state index in [1.54, 1.807) is 29.5 Å². The molecule has 2 amide bonds. The largest absolute Gasteiger partial charge is 0.399 e. The van der Waals surface area contributed by atoms with Crippen LogP contribution in [0, 0.1) is 0 Å². The smallest absolute Gasteiger partial charge is 0.261 e. The van der Waals surface area contributed by atoms with Crippen LogP contribution < -0.4 is 5.73 Å². The molecule has 1 aromatic carbocycles. The zero-order valence-electron chi connectivity index (χ0n) is 9.42. The first kappa shape index (κ1) is 11.0. The van der Waals surface area contributed by atoms with Crippen molar-refractivity contribution in [3.63, 3.8) is 0 Å². The van der Waals surface area contributed by atoms with E-state index in [-0.39, 0.29) is 11.8 Å². The highest BCUT2D eigenvalue weighted by Crippen LogP contribution is 2.26. The zero-order chi connectivity index (χ0) is 12.7. The van der Waals surface area contributed by atoms with Gasteiger partial charge in [-0.25, -0.2) is 0 Å². The molecule has 0 unspecified atom stereocenters. The van der Waals surface area contributed by atoms with Gasteiger partial charge in [0.15, 0.2) is 0 Å². The number of hydrogen-bond donors (Lipinski definition) is 1. The van der Waals surface area contributed by atoms with E-state index in [1.165, 1.54) is 4.90 Å². The van der Waals surface area contributed by atoms with Crippen LogP contribution in [-0.2, 0) is 6.54 Å². The summed E-state index contributed by atoms with van der Waals surface area (Å²) in [5, 5.41) is 3.85. The van der Waals surface area contributed by atoms with E-state index >= 15 is 0 Å². The van der Waals surface area contributed by atoms with Crippen molar-refractivity contribution < 1.29 is 9.59 Å². The third-order valence-corrected chi connectivity index (χ3v) is 3.65. The van der Waals surface area contributed by atoms with Crippen LogP contribution in [0.25, 0.3) is 0 Å². The Kier molecular flexibility index (Phi) is 2.41. The standard InChI is InChI=1S/C13H10N2O2S/c14-9-1-2-10-11(5-9)13(17)15(12(10)16)6-8-3-4-18-7-8/h1-5,7H,6,14H2. The number of carbonyl (C=O) groups excluding carboxylic acids is 2. The first-order chi connectivity index (χ1) is 8.66. The Bertz CT molecular complexity index is 634. The van der Waals surface area contributed by atoms with Gasteiger partial charge in [-0.05, 0) is 40.6 Å². The summed E-state index contributed by atoms with van der Waals surface area (Å²) < 4.78 is 0. The molecule has 0 atom stereocenters. The van der Waals surface area contributed by atoms with Crippen molar-refractivity contribution in [3.05, 3.63) is 51.7 Å². The summed E-state index contributed by atoms with van der Waals surface area (Å²) in [7, 11) is 0. The molecule has 0 fully saturated rings. The molecule has 0 saturated heterocycles. The van der Waals surface area contributed by atoms with Gasteiger partial charge in [0, 0.05) is 5.69 Å². The Hall–Kier alpha value is -2.14. The van der Waals surface area contributed by atoms with Crippen LogP contribution in [0.15, 0.2) is 35.0 Å². The van der Waals surface area contributed by atoms with Gasteiger partial charge in [0.05, 0.1) is 17.7 Å². The van der Waals surface area contributed by atoms with E-state index < -0.39 is 0 Å². The first-order valence-electron chi connectivity index (χ1n) is 5.43. The molecule has 0 saturated carbocycles. The van der Waals surface area contributed by atoms with Crippen LogP contribution >= 0.6 is 11.3 Å². The van der Waals surface area contributed by atoms with Gasteiger partial charge in [0.25, 0.3) is 11.8 Å². The van der Waals surface area contributed by atoms with Crippen molar-refractivity contribution in [2.75, 3.05) is 5.73 Å². The minimum absolute atomic E-state index is 0.249. The predicted molar refractivity (Wildman–Crippen MR) is 69.4 cm³/mol. The lowest BCUT2D eigenvalue weighted by atomic mass is 10.1. The minimum Gasteiger partial charge on any atom is -0.399 e. The Morgan fingerprint density at radius 1 is 1.11 bits per heavy atom. The van der Waals surface area contributed by atoms with Gasteiger partial charge < -0.3 is 5.73 Å². The van der Waals surface area contributed by atoms with Gasteiger partial charge in [0.1, 0.15) is 0 Å². The summed E-state index contributed by atoms with van der Waals surface area (Å²) in [6, 6.07) is 6.71. The number of nitrogens with two attached hydrogens (primary N) is 1. The van der Waals surface area contributed by atoms with E-state index in [0.717, 1.165) is 5.56 Å². The number of carbonyl (C=O) groups is 2. The Morgan fingerprint density at radius 2 is 1.89 bits per heavy atom. The topological polar surface area (TPSA) is 63.4 Å². The van der Waals surface area contributed by atoms with Gasteiger partial charge in [-0.1, -0.05) is 0 Å². The van der Waals surface area contributed by atoms with E-state index in [0.29, 0.717) is 23.4 Å². The van der Waals surface area contributed by atoms with Crippen LogP contribution in [0.2, 0.25) is 0 Å². The number of nitrogens with zero attached hydrogens (tertiary/aromatic N) is 1. The van der Waals surface area contributed by atoms with Crippen LogP contribution in [0.3, 0.4) is 0 Å². The first-order valence-corrected chi connectivity index (χ1v) is 6.38. The van der Waals surface area contributed by atoms with Crippen molar-refractivity contribution >= 4 is 28.8 Å². The number of thiophene rings is 1. The van der Waals surface area contributed by atoms with Crippen molar-refractivity contribution in [1.29, 1.82) is 0 Å². The fourth-order valence-electron chi connectivity index (χ4n) is 2.02. The number of nitrogen functional groups attached to an aromatic ring is 1. The number of amides is 2. The van der Waals surface area contributed by atoms with Gasteiger partial charge in [-0.15, -0.1) is 0 Å². The fraction of sp³-hybridized carbons (Fsp3) is 0.0769. The molecule has 18 heavy (non-hydrogen) atoms. The van der Waals surface area contributed by atoms with E-state index in [2.05, 4.69) is 0 Å². The molecule has 90 valence electrons. The fourth-order valence-corrected chi connectivity index (χ4v) is 2.68. The molecule has 1 aromatic heterocycles. The Labute approximate surface area is 108 Å². The molecule has 2 heterocycles. The third-order valence-electron chi connectivity index (χ3n) is 2.92. The van der Waals surface area contributed by atoms with Gasteiger partial charge in [-0.3, -0.25) is 14.5 Å². The lowest BCUT2D eigenvalue weighted by Crippen LogP contribution is -2.28. The predicted octanol–water partition coefficient (Wildman–Crippen LogP) is 2.13. The van der Waals surface area contributed by atoms with Crippen LogP contribution in [0.1, 0.15) is 26.3 Å². The quantitative estimate of drug-likeness (QED) is 0.663. The molecule has 2 N–H and O–H groups in total. The van der Waals surface area contributed by atoms with Crippen molar-refractivity contribution in [2.45, 2.75) is 6.54 Å². The lowest BCUT2D eigenvalue weighted by Gasteiger charge is -2.12. The highest BCUT2D eigenvalue weighted by atomic mass is 32.1. The van der Waals surface area contributed by atoms with Crippen LogP contribution in [-0.4, -0.2) is 16.7 Å². The Morgan fingerprint density at radius 3 is 2.61 bits per heavy atom. The number of imide groups is 1. The third kappa shape index (κ3) is 1.60. The van der Waals surface area contributed by atoms with Crippen molar-refractivity contribution in [2.24, 2.45) is 0 Å². The lowest BCUT2D eigenvalue weighted by molar-refractivity contribution is 0.0642. The van der Waals surface area contributed by atoms with E-state index in [9.17, 15) is 9.59 Å². The highest BCUT2D eigenvalue weighted by Gasteiger charge is 2.35. The van der Waals surface area contributed by atoms with E-state index in [1.807, 2.05) is 16.8 Å². The number of rotatable bonds is 2. The number of hydrogen-bond acceptors (Lipinski definition) is 4. The summed E-state index contributed by atoms with van der Waals surface area (Å²) in [5.74, 6) is -0.519. The second kappa shape index (κ2) is 3.96. The average Bonchev–Trinajstić information content (AvgIpc) is 2.93. The Balaban J connectivity index is 1.97. The summed E-state index contributed by atoms with van der Waals surface area (Å²) in [5.41, 5.74) is 7.93. The normalized spacial score (nSPS) is 14.1. The molecule has 1 aliphatic heterocycles. The highest BCUT2D eigenvalue weighted by molar-refractivity contribution is 7.07. The monoisotopic (exact) mass is 258 g/mol. The number of fused-ring (bicyclic) bond motifs is 1. The maximum Gasteiger partial charge on any atom is 0.261 e. The van der Waals surface area contributed by atoms with Gasteiger partial charge >= 0.3 is 0 Å². The second-order valence-corrected chi connectivity index (χ2v) is 4.91. The molecule has 3 rings (SSSR count). The van der Waals surface area contributed by atoms with Crippen LogP contribution in [0.5, 0.6) is 0 Å². The molecule has 0 bridgehead atoms. The van der Waals surface area contributed by atoms with Gasteiger partial charge in [-0.2, -0.15) is 11.3 Å². The van der Waals surface area contributed by atoms with Crippen molar-refractivity contribution in [3.8, 4) is 0 Å². The molecule has 4 nitrogen and oxygen atoms in total. The van der Waals surface area contributed by atoms with Crippen LogP contribution in [0.4, 0.5) is 5.69 Å². The molecular formula is C13H10N2O2S. The zero-order valence-corrected chi connectivity index (χ0v) is 10.2. The van der Waals surface area contributed by atoms with Crippen molar-refractivity contribution in [1.82, 2.24) is 4.90 Å². The summed E-state index contributed by atoms with van der Waals surface area (Å²) in [4.78, 5) is 25.5. The minimum atomic E-state index is -0.270. The second-order valence-electron chi connectivity index (χ2n) is 4.13. The molecule has 0 spiro atoms. The summed E-state index contributed by atoms with van der Waals surface area (Å²) in [6.45, 7) is 0.315. The van der Waals surface area contributed by atoms with Gasteiger partial charge in [0.2, 0.25) is 0 Å².